The average molecular weight is 299 g/mol. The van der Waals surface area contributed by atoms with Crippen LogP contribution in [0.5, 0.6) is 0 Å². The highest BCUT2D eigenvalue weighted by molar-refractivity contribution is 6.90. The van der Waals surface area contributed by atoms with Crippen molar-refractivity contribution in [2.75, 3.05) is 13.1 Å². The van der Waals surface area contributed by atoms with Gasteiger partial charge in [0.05, 0.1) is 8.07 Å². The van der Waals surface area contributed by atoms with E-state index in [-0.39, 0.29) is 0 Å². The van der Waals surface area contributed by atoms with Crippen LogP contribution in [-0.4, -0.2) is 27.1 Å². The highest BCUT2D eigenvalue weighted by Crippen LogP contribution is 2.53. The van der Waals surface area contributed by atoms with Crippen molar-refractivity contribution in [2.45, 2.75) is 64.1 Å². The summed E-state index contributed by atoms with van der Waals surface area (Å²) >= 11 is 0. The summed E-state index contributed by atoms with van der Waals surface area (Å²) in [4.78, 5) is 0. The first-order chi connectivity index (χ1) is 9.15. The van der Waals surface area contributed by atoms with E-state index in [9.17, 15) is 8.78 Å². The Hall–Kier alpha value is -0.483. The van der Waals surface area contributed by atoms with Gasteiger partial charge in [-0.15, -0.1) is 0 Å². The van der Waals surface area contributed by atoms with Crippen LogP contribution >= 0.6 is 0 Å². The molecule has 0 bridgehead atoms. The van der Waals surface area contributed by atoms with Crippen LogP contribution in [0.25, 0.3) is 0 Å². The normalized spacial score (nSPS) is 22.2. The van der Waals surface area contributed by atoms with Crippen molar-refractivity contribution < 1.29 is 8.78 Å². The fraction of sp³-hybridized carbons (Fsp3) is 0.750. The van der Waals surface area contributed by atoms with Gasteiger partial charge >= 0.3 is 0 Å². The number of fused-ring (bicyclic) bond motifs is 1. The fourth-order valence-corrected chi connectivity index (χ4v) is 12.1. The molecule has 2 rings (SSSR count). The van der Waals surface area contributed by atoms with Gasteiger partial charge < -0.3 is 5.32 Å². The zero-order valence-corrected chi connectivity index (χ0v) is 14.5. The molecule has 0 amide bonds. The first-order valence-electron chi connectivity index (χ1n) is 7.70. The summed E-state index contributed by atoms with van der Waals surface area (Å²) in [6.07, 6.45) is 1.15. The van der Waals surface area contributed by atoms with E-state index in [4.69, 9.17) is 0 Å². The van der Waals surface area contributed by atoms with Gasteiger partial charge in [0.25, 0.3) is 5.92 Å². The maximum atomic E-state index is 14.1. The van der Waals surface area contributed by atoms with Crippen molar-refractivity contribution in [3.63, 3.8) is 0 Å². The van der Waals surface area contributed by atoms with Gasteiger partial charge in [0.1, 0.15) is 0 Å². The summed E-state index contributed by atoms with van der Waals surface area (Å²) < 4.78 is 28.2. The second kappa shape index (κ2) is 5.06. The minimum atomic E-state index is -2.69. The third-order valence-electron chi connectivity index (χ3n) is 5.32. The summed E-state index contributed by atoms with van der Waals surface area (Å²) in [5.41, 5.74) is 2.67. The van der Waals surface area contributed by atoms with E-state index in [1.807, 2.05) is 0 Å². The molecule has 0 aromatic rings. The van der Waals surface area contributed by atoms with E-state index in [1.54, 1.807) is 0 Å². The van der Waals surface area contributed by atoms with Gasteiger partial charge in [-0.3, -0.25) is 0 Å². The van der Waals surface area contributed by atoms with E-state index in [0.717, 1.165) is 16.8 Å². The smallest absolute Gasteiger partial charge is 0.292 e. The maximum absolute atomic E-state index is 14.1. The molecular formula is C16H27F2NSi. The summed E-state index contributed by atoms with van der Waals surface area (Å²) in [6.45, 7) is 14.6. The van der Waals surface area contributed by atoms with E-state index in [0.29, 0.717) is 35.3 Å². The van der Waals surface area contributed by atoms with Crippen LogP contribution in [0.4, 0.5) is 8.78 Å². The average Bonchev–Trinajstić information content (AvgIpc) is 2.26. The number of allylic oxidation sites excluding steroid dienone is 1. The largest absolute Gasteiger partial charge is 0.309 e. The van der Waals surface area contributed by atoms with E-state index in [2.05, 4.69) is 46.9 Å². The van der Waals surface area contributed by atoms with Gasteiger partial charge in [0.2, 0.25) is 0 Å². The topological polar surface area (TPSA) is 12.0 Å². The molecule has 0 aromatic heterocycles. The van der Waals surface area contributed by atoms with Crippen molar-refractivity contribution in [2.24, 2.45) is 0 Å². The molecule has 0 saturated carbocycles. The second-order valence-corrected chi connectivity index (χ2v) is 13.1. The lowest BCUT2D eigenvalue weighted by molar-refractivity contribution is 0.0803. The molecule has 20 heavy (non-hydrogen) atoms. The van der Waals surface area contributed by atoms with Crippen molar-refractivity contribution in [3.05, 3.63) is 22.4 Å². The van der Waals surface area contributed by atoms with Crippen molar-refractivity contribution in [3.8, 4) is 0 Å². The van der Waals surface area contributed by atoms with Crippen LogP contribution in [0.3, 0.4) is 0 Å². The molecule has 1 aliphatic carbocycles. The number of hydrogen-bond donors (Lipinski definition) is 1. The molecule has 0 atom stereocenters. The lowest BCUT2D eigenvalue weighted by atomic mass is 9.85. The quantitative estimate of drug-likeness (QED) is 0.743. The van der Waals surface area contributed by atoms with Crippen LogP contribution in [0.2, 0.25) is 16.6 Å². The first kappa shape index (κ1) is 15.9. The molecule has 1 N–H and O–H groups in total. The van der Waals surface area contributed by atoms with Crippen LogP contribution in [0.1, 0.15) is 41.5 Å². The minimum Gasteiger partial charge on any atom is -0.309 e. The second-order valence-electron chi connectivity index (χ2n) is 7.15. The predicted octanol–water partition coefficient (Wildman–Crippen LogP) is 4.68. The summed E-state index contributed by atoms with van der Waals surface area (Å²) in [6, 6.07) is 0. The molecule has 0 spiro atoms. The minimum absolute atomic E-state index is 0.402. The zero-order valence-electron chi connectivity index (χ0n) is 13.5. The van der Waals surface area contributed by atoms with Crippen molar-refractivity contribution in [1.29, 1.82) is 0 Å². The maximum Gasteiger partial charge on any atom is 0.292 e. The molecule has 1 heterocycles. The lowest BCUT2D eigenvalue weighted by Gasteiger charge is -2.50. The third kappa shape index (κ3) is 2.03. The molecule has 0 radical (unpaired) electrons. The molecule has 4 heteroatoms. The van der Waals surface area contributed by atoms with E-state index in [1.165, 1.54) is 0 Å². The van der Waals surface area contributed by atoms with Crippen LogP contribution < -0.4 is 5.32 Å². The van der Waals surface area contributed by atoms with Crippen molar-refractivity contribution >= 4 is 8.07 Å². The molecule has 114 valence electrons. The van der Waals surface area contributed by atoms with Crippen LogP contribution in [0.15, 0.2) is 22.4 Å². The molecule has 1 aliphatic heterocycles. The van der Waals surface area contributed by atoms with Crippen LogP contribution in [0, 0.1) is 0 Å². The Morgan fingerprint density at radius 3 is 1.90 bits per heavy atom. The Bertz CT molecular complexity index is 439. The Kier molecular flexibility index (Phi) is 4.02. The highest BCUT2D eigenvalue weighted by Gasteiger charge is 2.54. The Labute approximate surface area is 122 Å². The van der Waals surface area contributed by atoms with E-state index < -0.39 is 14.0 Å². The number of halogens is 2. The SMILES string of the molecule is CC(C)[Si](C1=C2C(=CC2(F)F)CNC1)(C(C)C)C(C)C. The summed E-state index contributed by atoms with van der Waals surface area (Å²) in [7, 11) is -1.97. The van der Waals surface area contributed by atoms with Gasteiger partial charge in [-0.1, -0.05) is 46.7 Å². The first-order valence-corrected chi connectivity index (χ1v) is 9.93. The van der Waals surface area contributed by atoms with Gasteiger partial charge in [-0.05, 0) is 28.3 Å². The zero-order chi connectivity index (χ0) is 15.3. The van der Waals surface area contributed by atoms with E-state index >= 15 is 0 Å². The number of nitrogens with one attached hydrogen (secondary N) is 1. The molecule has 0 unspecified atom stereocenters. The van der Waals surface area contributed by atoms with Crippen molar-refractivity contribution in [1.82, 2.24) is 5.32 Å². The van der Waals surface area contributed by atoms with Gasteiger partial charge in [0, 0.05) is 18.7 Å². The summed E-state index contributed by atoms with van der Waals surface area (Å²) in [5.74, 6) is -2.69. The molecule has 0 fully saturated rings. The fourth-order valence-electron chi connectivity index (χ4n) is 4.86. The molecule has 0 saturated heterocycles. The standard InChI is InChI=1S/C16H27F2NSi/c1-10(2)20(11(3)4,12(5)6)14-9-19-8-13-7-16(17,18)15(13)14/h7,10-12,19H,8-9H2,1-6H3. The van der Waals surface area contributed by atoms with Gasteiger partial charge in [-0.25, -0.2) is 0 Å². The summed E-state index contributed by atoms with van der Waals surface area (Å²) in [5, 5.41) is 4.44. The number of hydrogen-bond acceptors (Lipinski definition) is 1. The van der Waals surface area contributed by atoms with Crippen LogP contribution in [-0.2, 0) is 0 Å². The molecule has 1 nitrogen and oxygen atoms in total. The van der Waals surface area contributed by atoms with Gasteiger partial charge in [0.15, 0.2) is 0 Å². The molecule has 0 aromatic carbocycles. The van der Waals surface area contributed by atoms with Gasteiger partial charge in [-0.2, -0.15) is 8.78 Å². The third-order valence-corrected chi connectivity index (χ3v) is 12.5. The Balaban J connectivity index is 2.66. The number of rotatable bonds is 4. The molecular weight excluding hydrogens is 272 g/mol. The molecule has 2 aliphatic rings. The number of alkyl halides is 2. The Morgan fingerprint density at radius 1 is 1.00 bits per heavy atom. The predicted molar refractivity (Wildman–Crippen MR) is 84.0 cm³/mol. The lowest BCUT2D eigenvalue weighted by Crippen LogP contribution is -2.54. The highest BCUT2D eigenvalue weighted by atomic mass is 28.3. The monoisotopic (exact) mass is 299 g/mol. The Morgan fingerprint density at radius 2 is 1.50 bits per heavy atom.